The number of hydrogen-bond acceptors (Lipinski definition) is 3. The molecule has 5 heteroatoms. The van der Waals surface area contributed by atoms with Crippen LogP contribution in [0, 0.1) is 0 Å². The maximum atomic E-state index is 11.8. The van der Waals surface area contributed by atoms with Crippen molar-refractivity contribution in [1.82, 2.24) is 0 Å². The number of rotatable bonds is 3. The van der Waals surface area contributed by atoms with Gasteiger partial charge in [-0.1, -0.05) is 0 Å². The summed E-state index contributed by atoms with van der Waals surface area (Å²) < 4.78 is 5.29. The second kappa shape index (κ2) is 5.64. The third kappa shape index (κ3) is 3.30. The Kier molecular flexibility index (Phi) is 3.94. The van der Waals surface area contributed by atoms with Crippen LogP contribution in [0.15, 0.2) is 24.3 Å². The Morgan fingerprint density at radius 2 is 1.78 bits per heavy atom. The van der Waals surface area contributed by atoms with Crippen LogP contribution in [-0.2, 0) is 14.3 Å². The summed E-state index contributed by atoms with van der Waals surface area (Å²) in [6.45, 7) is 2.10. The van der Waals surface area contributed by atoms with Gasteiger partial charge in [0.1, 0.15) is 6.10 Å². The first-order chi connectivity index (χ1) is 8.65. The fourth-order valence-electron chi connectivity index (χ4n) is 1.85. The summed E-state index contributed by atoms with van der Waals surface area (Å²) in [6, 6.07) is 6.98. The Labute approximate surface area is 106 Å². The van der Waals surface area contributed by atoms with Gasteiger partial charge in [0.25, 0.3) is 5.91 Å². The van der Waals surface area contributed by atoms with Gasteiger partial charge in [0, 0.05) is 24.9 Å². The Balaban J connectivity index is 1.93. The molecule has 0 aliphatic carbocycles. The molecule has 1 aliphatic heterocycles. The van der Waals surface area contributed by atoms with Gasteiger partial charge in [-0.25, -0.2) is 0 Å². The molecule has 2 rings (SSSR count). The van der Waals surface area contributed by atoms with Crippen LogP contribution in [0.5, 0.6) is 0 Å². The van der Waals surface area contributed by atoms with Gasteiger partial charge in [0.15, 0.2) is 0 Å². The van der Waals surface area contributed by atoms with Crippen molar-refractivity contribution in [2.45, 2.75) is 25.9 Å². The number of carbonyl (C=O) groups is 2. The van der Waals surface area contributed by atoms with E-state index in [0.29, 0.717) is 18.0 Å². The molecule has 1 aromatic rings. The van der Waals surface area contributed by atoms with E-state index in [1.54, 1.807) is 24.3 Å². The number of ether oxygens (including phenoxy) is 1. The second-order valence-corrected chi connectivity index (χ2v) is 4.25. The van der Waals surface area contributed by atoms with Crippen LogP contribution < -0.4 is 10.6 Å². The van der Waals surface area contributed by atoms with Gasteiger partial charge in [-0.05, 0) is 37.1 Å². The normalized spacial score (nSPS) is 18.4. The molecule has 5 nitrogen and oxygen atoms in total. The third-order valence-electron chi connectivity index (χ3n) is 2.69. The molecule has 2 amide bonds. The van der Waals surface area contributed by atoms with Crippen molar-refractivity contribution in [2.75, 3.05) is 17.2 Å². The van der Waals surface area contributed by atoms with Crippen molar-refractivity contribution in [3.8, 4) is 0 Å². The number of anilines is 2. The molecule has 1 aliphatic rings. The zero-order valence-electron chi connectivity index (χ0n) is 10.2. The van der Waals surface area contributed by atoms with Gasteiger partial charge in [0.05, 0.1) is 0 Å². The Bertz CT molecular complexity index is 436. The maximum absolute atomic E-state index is 11.8. The van der Waals surface area contributed by atoms with Crippen molar-refractivity contribution < 1.29 is 14.3 Å². The van der Waals surface area contributed by atoms with Crippen LogP contribution >= 0.6 is 0 Å². The Hall–Kier alpha value is -1.88. The summed E-state index contributed by atoms with van der Waals surface area (Å²) in [4.78, 5) is 22.6. The largest absolute Gasteiger partial charge is 0.368 e. The van der Waals surface area contributed by atoms with Gasteiger partial charge in [-0.2, -0.15) is 0 Å². The standard InChI is InChI=1S/C13H16N2O3/c1-9(16)14-10-4-6-11(7-5-10)15-13(17)12-3-2-8-18-12/h4-7,12H,2-3,8H2,1H3,(H,14,16)(H,15,17). The van der Waals surface area contributed by atoms with E-state index in [-0.39, 0.29) is 17.9 Å². The quantitative estimate of drug-likeness (QED) is 0.856. The topological polar surface area (TPSA) is 67.4 Å². The fourth-order valence-corrected chi connectivity index (χ4v) is 1.85. The van der Waals surface area contributed by atoms with E-state index in [9.17, 15) is 9.59 Å². The predicted octanol–water partition coefficient (Wildman–Crippen LogP) is 1.76. The van der Waals surface area contributed by atoms with Crippen molar-refractivity contribution >= 4 is 23.2 Å². The predicted molar refractivity (Wildman–Crippen MR) is 68.3 cm³/mol. The lowest BCUT2D eigenvalue weighted by Crippen LogP contribution is -2.26. The molecule has 1 fully saturated rings. The fraction of sp³-hybridized carbons (Fsp3) is 0.385. The number of carbonyl (C=O) groups excluding carboxylic acids is 2. The molecule has 18 heavy (non-hydrogen) atoms. The maximum Gasteiger partial charge on any atom is 0.253 e. The van der Waals surface area contributed by atoms with Gasteiger partial charge in [-0.15, -0.1) is 0 Å². The molecule has 0 aromatic heterocycles. The van der Waals surface area contributed by atoms with E-state index in [1.165, 1.54) is 6.92 Å². The summed E-state index contributed by atoms with van der Waals surface area (Å²) in [5.74, 6) is -0.231. The molecule has 1 atom stereocenters. The number of benzene rings is 1. The highest BCUT2D eigenvalue weighted by molar-refractivity contribution is 5.95. The van der Waals surface area contributed by atoms with E-state index in [0.717, 1.165) is 12.8 Å². The SMILES string of the molecule is CC(=O)Nc1ccc(NC(=O)C2CCCO2)cc1. The zero-order chi connectivity index (χ0) is 13.0. The number of nitrogens with one attached hydrogen (secondary N) is 2. The van der Waals surface area contributed by atoms with Crippen molar-refractivity contribution in [2.24, 2.45) is 0 Å². The van der Waals surface area contributed by atoms with Gasteiger partial charge < -0.3 is 15.4 Å². The first-order valence-corrected chi connectivity index (χ1v) is 5.95. The lowest BCUT2D eigenvalue weighted by atomic mass is 10.2. The first-order valence-electron chi connectivity index (χ1n) is 5.95. The highest BCUT2D eigenvalue weighted by Crippen LogP contribution is 2.17. The lowest BCUT2D eigenvalue weighted by Gasteiger charge is -2.10. The highest BCUT2D eigenvalue weighted by Gasteiger charge is 2.23. The lowest BCUT2D eigenvalue weighted by molar-refractivity contribution is -0.124. The van der Waals surface area contributed by atoms with Crippen LogP contribution in [-0.4, -0.2) is 24.5 Å². The molecule has 96 valence electrons. The second-order valence-electron chi connectivity index (χ2n) is 4.25. The van der Waals surface area contributed by atoms with E-state index < -0.39 is 0 Å². The van der Waals surface area contributed by atoms with E-state index in [4.69, 9.17) is 4.74 Å². The minimum Gasteiger partial charge on any atom is -0.368 e. The first kappa shape index (κ1) is 12.6. The van der Waals surface area contributed by atoms with Gasteiger partial charge in [-0.3, -0.25) is 9.59 Å². The molecule has 0 spiro atoms. The Morgan fingerprint density at radius 3 is 2.28 bits per heavy atom. The van der Waals surface area contributed by atoms with Crippen molar-refractivity contribution in [3.05, 3.63) is 24.3 Å². The smallest absolute Gasteiger partial charge is 0.253 e. The highest BCUT2D eigenvalue weighted by atomic mass is 16.5. The molecule has 0 saturated carbocycles. The number of amides is 2. The molecule has 1 saturated heterocycles. The molecule has 1 heterocycles. The minimum atomic E-state index is -0.333. The van der Waals surface area contributed by atoms with Gasteiger partial charge in [0.2, 0.25) is 5.91 Å². The van der Waals surface area contributed by atoms with Gasteiger partial charge >= 0.3 is 0 Å². The van der Waals surface area contributed by atoms with E-state index >= 15 is 0 Å². The summed E-state index contributed by atoms with van der Waals surface area (Å²) in [5.41, 5.74) is 1.40. The molecular weight excluding hydrogens is 232 g/mol. The molecule has 1 unspecified atom stereocenters. The van der Waals surface area contributed by atoms with Crippen LogP contribution in [0.2, 0.25) is 0 Å². The summed E-state index contributed by atoms with van der Waals surface area (Å²) in [5, 5.41) is 5.45. The third-order valence-corrected chi connectivity index (χ3v) is 2.69. The van der Waals surface area contributed by atoms with E-state index in [1.807, 2.05) is 0 Å². The van der Waals surface area contributed by atoms with Crippen LogP contribution in [0.3, 0.4) is 0 Å². The molecule has 1 aromatic carbocycles. The molecule has 0 bridgehead atoms. The van der Waals surface area contributed by atoms with E-state index in [2.05, 4.69) is 10.6 Å². The summed E-state index contributed by atoms with van der Waals surface area (Å²) >= 11 is 0. The summed E-state index contributed by atoms with van der Waals surface area (Å²) in [7, 11) is 0. The van der Waals surface area contributed by atoms with Crippen LogP contribution in [0.1, 0.15) is 19.8 Å². The summed E-state index contributed by atoms with van der Waals surface area (Å²) in [6.07, 6.45) is 1.37. The molecular formula is C13H16N2O3. The minimum absolute atomic E-state index is 0.111. The van der Waals surface area contributed by atoms with Crippen molar-refractivity contribution in [3.63, 3.8) is 0 Å². The zero-order valence-corrected chi connectivity index (χ0v) is 10.2. The average molecular weight is 248 g/mol. The van der Waals surface area contributed by atoms with Crippen LogP contribution in [0.4, 0.5) is 11.4 Å². The van der Waals surface area contributed by atoms with Crippen molar-refractivity contribution in [1.29, 1.82) is 0 Å². The average Bonchev–Trinajstić information content (AvgIpc) is 2.84. The molecule has 2 N–H and O–H groups in total. The van der Waals surface area contributed by atoms with Crippen LogP contribution in [0.25, 0.3) is 0 Å². The Morgan fingerprint density at radius 1 is 1.17 bits per heavy atom. The molecule has 0 radical (unpaired) electrons. The number of hydrogen-bond donors (Lipinski definition) is 2. The monoisotopic (exact) mass is 248 g/mol.